The number of nitrogens with two attached hydrogens (primary N) is 2. The van der Waals surface area contributed by atoms with E-state index in [1.807, 2.05) is 38.7 Å². The smallest absolute Gasteiger partial charge is 0.368 e. The fourth-order valence-electron chi connectivity index (χ4n) is 4.48. The minimum Gasteiger partial charge on any atom is -0.368 e. The topological polar surface area (TPSA) is 105 Å². The van der Waals surface area contributed by atoms with Crippen LogP contribution in [0.4, 0.5) is 32.2 Å². The van der Waals surface area contributed by atoms with Gasteiger partial charge in [-0.25, -0.2) is 15.9 Å². The summed E-state index contributed by atoms with van der Waals surface area (Å²) >= 11 is 0. The molecule has 1 aromatic carbocycles. The van der Waals surface area contributed by atoms with Crippen molar-refractivity contribution in [3.8, 4) is 0 Å². The zero-order valence-electron chi connectivity index (χ0n) is 23.1. The predicted molar refractivity (Wildman–Crippen MR) is 141 cm³/mol. The van der Waals surface area contributed by atoms with Gasteiger partial charge in [-0.05, 0) is 57.5 Å². The van der Waals surface area contributed by atoms with Crippen LogP contribution < -0.4 is 16.5 Å². The number of fused-ring (bicyclic) bond motifs is 1. The molecule has 0 radical (unpaired) electrons. The van der Waals surface area contributed by atoms with E-state index in [2.05, 4.69) is 10.2 Å². The Morgan fingerprint density at radius 2 is 1.60 bits per heavy atom. The number of hydrogen-bond donors (Lipinski definition) is 2. The summed E-state index contributed by atoms with van der Waals surface area (Å²) in [5.41, 5.74) is 5.04. The minimum atomic E-state index is -4.99. The number of aromatic nitrogens is 3. The number of rotatable bonds is 8. The number of alkyl halides is 6. The number of nitrogens with zero attached hydrogens (tertiary/aromatic N) is 7. The largest absolute Gasteiger partial charge is 0.416 e. The van der Waals surface area contributed by atoms with Crippen LogP contribution in [0.15, 0.2) is 29.4 Å². The van der Waals surface area contributed by atoms with Crippen molar-refractivity contribution >= 4 is 22.8 Å². The molecule has 0 unspecified atom stereocenters. The molecule has 3 rings (SSSR count). The molecule has 0 saturated heterocycles. The van der Waals surface area contributed by atoms with Gasteiger partial charge >= 0.3 is 12.4 Å². The number of hydrazine groups is 1. The second-order valence-corrected chi connectivity index (χ2v) is 9.73. The quantitative estimate of drug-likeness (QED) is 0.134. The lowest BCUT2D eigenvalue weighted by Gasteiger charge is -2.31. The van der Waals surface area contributed by atoms with Crippen LogP contribution >= 0.6 is 0 Å². The van der Waals surface area contributed by atoms with E-state index >= 15 is 0 Å². The Kier molecular flexibility index (Phi) is 8.77. The second kappa shape index (κ2) is 11.4. The van der Waals surface area contributed by atoms with E-state index in [1.165, 1.54) is 11.9 Å². The van der Waals surface area contributed by atoms with Crippen LogP contribution in [0, 0.1) is 6.92 Å². The Bertz CT molecular complexity index is 1340. The van der Waals surface area contributed by atoms with Crippen LogP contribution in [0.3, 0.4) is 0 Å². The van der Waals surface area contributed by atoms with E-state index in [0.29, 0.717) is 41.4 Å². The number of halogens is 6. The maximum atomic E-state index is 13.5. The second-order valence-electron chi connectivity index (χ2n) is 9.73. The molecule has 2 aromatic heterocycles. The first kappa shape index (κ1) is 30.8. The summed E-state index contributed by atoms with van der Waals surface area (Å²) in [4.78, 5) is 8.22. The third kappa shape index (κ3) is 6.87. The molecule has 0 fully saturated rings. The minimum absolute atomic E-state index is 0.0236. The SMILES string of the molecule is CCN(c1nc2c(cc1CN(Cc1cc(C(F)(F)F)cc(C(F)(F)F)c1)/C(N)=N/N(C)N)c(C)nn2C)C(C)C. The summed E-state index contributed by atoms with van der Waals surface area (Å²) in [6.45, 7) is 7.83. The van der Waals surface area contributed by atoms with E-state index in [1.54, 1.807) is 11.7 Å². The first-order chi connectivity index (χ1) is 18.4. The van der Waals surface area contributed by atoms with Crippen LogP contribution in [-0.2, 0) is 32.5 Å². The molecule has 40 heavy (non-hydrogen) atoms. The molecule has 0 atom stereocenters. The normalized spacial score (nSPS) is 12.9. The monoisotopic (exact) mass is 573 g/mol. The number of benzene rings is 1. The summed E-state index contributed by atoms with van der Waals surface area (Å²) in [7, 11) is 3.14. The summed E-state index contributed by atoms with van der Waals surface area (Å²) in [6.07, 6.45) is -9.98. The van der Waals surface area contributed by atoms with Crippen LogP contribution in [-0.4, -0.2) is 50.4 Å². The molecule has 0 amide bonds. The zero-order chi connectivity index (χ0) is 30.2. The summed E-state index contributed by atoms with van der Waals surface area (Å²) in [5.74, 6) is 5.99. The molecule has 3 aromatic rings. The molecule has 0 aliphatic carbocycles. The molecule has 4 N–H and O–H groups in total. The van der Waals surface area contributed by atoms with E-state index in [0.717, 1.165) is 10.5 Å². The van der Waals surface area contributed by atoms with Gasteiger partial charge in [-0.15, -0.1) is 5.10 Å². The van der Waals surface area contributed by atoms with Gasteiger partial charge in [0.2, 0.25) is 5.96 Å². The van der Waals surface area contributed by atoms with Crippen molar-refractivity contribution in [3.05, 3.63) is 52.2 Å². The Labute approximate surface area is 228 Å². The maximum Gasteiger partial charge on any atom is 0.416 e. The van der Waals surface area contributed by atoms with Gasteiger partial charge in [0, 0.05) is 50.7 Å². The Hall–Kier alpha value is -3.75. The Morgan fingerprint density at radius 3 is 2.08 bits per heavy atom. The lowest BCUT2D eigenvalue weighted by atomic mass is 10.0. The molecule has 0 bridgehead atoms. The van der Waals surface area contributed by atoms with Crippen LogP contribution in [0.5, 0.6) is 0 Å². The summed E-state index contributed by atoms with van der Waals surface area (Å²) < 4.78 is 82.8. The number of hydrogen-bond acceptors (Lipinski definition) is 6. The van der Waals surface area contributed by atoms with Gasteiger partial charge in [-0.3, -0.25) is 4.68 Å². The standard InChI is InChI=1S/C25H33F6N9/c1-7-40(14(2)3)21-17(10-20-15(4)35-37(5)22(20)34-21)13-39(23(32)36-38(6)33)12-16-8-18(24(26,27)28)11-19(9-16)25(29,30)31/h8-11,14H,7,12-13,33H2,1-6H3,(H2,32,36). The highest BCUT2D eigenvalue weighted by Crippen LogP contribution is 2.37. The first-order valence-corrected chi connectivity index (χ1v) is 12.4. The number of anilines is 1. The Balaban J connectivity index is 2.20. The molecule has 0 aliphatic heterocycles. The average Bonchev–Trinajstić information content (AvgIpc) is 3.09. The van der Waals surface area contributed by atoms with E-state index < -0.39 is 30.0 Å². The number of aryl methyl sites for hydroxylation is 2. The highest BCUT2D eigenvalue weighted by Gasteiger charge is 2.37. The third-order valence-electron chi connectivity index (χ3n) is 6.26. The van der Waals surface area contributed by atoms with Crippen molar-refractivity contribution in [1.29, 1.82) is 0 Å². The van der Waals surface area contributed by atoms with Gasteiger partial charge in [0.25, 0.3) is 0 Å². The lowest BCUT2D eigenvalue weighted by molar-refractivity contribution is -0.143. The molecule has 2 heterocycles. The van der Waals surface area contributed by atoms with Gasteiger partial charge in [-0.2, -0.15) is 31.4 Å². The first-order valence-electron chi connectivity index (χ1n) is 12.4. The molecular formula is C25H33F6N9. The van der Waals surface area contributed by atoms with Crippen LogP contribution in [0.1, 0.15) is 48.7 Å². The molecule has 15 heteroatoms. The Morgan fingerprint density at radius 1 is 1.02 bits per heavy atom. The van der Waals surface area contributed by atoms with E-state index in [9.17, 15) is 26.3 Å². The van der Waals surface area contributed by atoms with Crippen molar-refractivity contribution in [2.45, 2.75) is 59.2 Å². The molecular weight excluding hydrogens is 540 g/mol. The summed E-state index contributed by atoms with van der Waals surface area (Å²) in [6, 6.07) is 3.30. The average molecular weight is 574 g/mol. The molecule has 0 spiro atoms. The van der Waals surface area contributed by atoms with Crippen LogP contribution in [0.25, 0.3) is 11.0 Å². The predicted octanol–water partition coefficient (Wildman–Crippen LogP) is 4.59. The van der Waals surface area contributed by atoms with Crippen molar-refractivity contribution in [3.63, 3.8) is 0 Å². The van der Waals surface area contributed by atoms with Crippen LogP contribution in [0.2, 0.25) is 0 Å². The molecule has 0 aliphatic rings. The van der Waals surface area contributed by atoms with Crippen molar-refractivity contribution < 1.29 is 26.3 Å². The number of hydrazone groups is 1. The van der Waals surface area contributed by atoms with Gasteiger partial charge < -0.3 is 15.5 Å². The van der Waals surface area contributed by atoms with Gasteiger partial charge in [-0.1, -0.05) is 0 Å². The van der Waals surface area contributed by atoms with Gasteiger partial charge in [0.15, 0.2) is 5.65 Å². The van der Waals surface area contributed by atoms with E-state index in [-0.39, 0.29) is 30.2 Å². The van der Waals surface area contributed by atoms with Crippen molar-refractivity contribution in [1.82, 2.24) is 24.8 Å². The van der Waals surface area contributed by atoms with Gasteiger partial charge in [0.1, 0.15) is 5.82 Å². The van der Waals surface area contributed by atoms with Crippen molar-refractivity contribution in [2.24, 2.45) is 23.7 Å². The number of pyridine rings is 1. The van der Waals surface area contributed by atoms with E-state index in [4.69, 9.17) is 16.6 Å². The molecule has 0 saturated carbocycles. The fraction of sp³-hybridized carbons (Fsp3) is 0.480. The third-order valence-corrected chi connectivity index (χ3v) is 6.26. The van der Waals surface area contributed by atoms with Crippen molar-refractivity contribution in [2.75, 3.05) is 18.5 Å². The van der Waals surface area contributed by atoms with Gasteiger partial charge in [0.05, 0.1) is 16.8 Å². The summed E-state index contributed by atoms with van der Waals surface area (Å²) in [5, 5.41) is 10.0. The molecule has 9 nitrogen and oxygen atoms in total. The zero-order valence-corrected chi connectivity index (χ0v) is 23.1. The highest BCUT2D eigenvalue weighted by atomic mass is 19.4. The highest BCUT2D eigenvalue weighted by molar-refractivity contribution is 5.82. The fourth-order valence-corrected chi connectivity index (χ4v) is 4.48. The lowest BCUT2D eigenvalue weighted by Crippen LogP contribution is -2.40. The maximum absolute atomic E-state index is 13.5. The number of guanidine groups is 1. The molecule has 220 valence electrons.